The normalized spacial score (nSPS) is 10.7. The second-order valence-electron chi connectivity index (χ2n) is 4.44. The summed E-state index contributed by atoms with van der Waals surface area (Å²) in [5.41, 5.74) is 0.944. The molecule has 1 aromatic heterocycles. The Bertz CT molecular complexity index is 596. The van der Waals surface area contributed by atoms with E-state index in [1.807, 2.05) is 13.0 Å². The van der Waals surface area contributed by atoms with E-state index in [2.05, 4.69) is 10.1 Å². The van der Waals surface area contributed by atoms with E-state index in [0.29, 0.717) is 17.8 Å². The van der Waals surface area contributed by atoms with Gasteiger partial charge in [0.1, 0.15) is 5.75 Å². The Morgan fingerprint density at radius 1 is 1.24 bits per heavy atom. The summed E-state index contributed by atoms with van der Waals surface area (Å²) in [4.78, 5) is 13.6. The maximum atomic E-state index is 12.0. The number of hydrogen-bond acceptors (Lipinski definition) is 3. The van der Waals surface area contributed by atoms with Crippen LogP contribution in [0.2, 0.25) is 0 Å². The van der Waals surface area contributed by atoms with Crippen LogP contribution in [0.15, 0.2) is 36.4 Å². The number of hydrogen-bond donors (Lipinski definition) is 1. The summed E-state index contributed by atoms with van der Waals surface area (Å²) in [6, 6.07) is 10.1. The molecule has 3 nitrogen and oxygen atoms in total. The van der Waals surface area contributed by atoms with E-state index >= 15 is 0 Å². The number of ether oxygens (including phenoxy) is 1. The molecule has 2 rings (SSSR count). The number of carbonyl (C=O) groups excluding carboxylic acids is 1. The van der Waals surface area contributed by atoms with Crippen LogP contribution in [-0.4, -0.2) is 19.1 Å². The molecule has 1 amide bonds. The van der Waals surface area contributed by atoms with E-state index in [1.54, 1.807) is 18.2 Å². The van der Waals surface area contributed by atoms with Crippen molar-refractivity contribution in [3.63, 3.8) is 0 Å². The summed E-state index contributed by atoms with van der Waals surface area (Å²) in [5, 5.41) is 2.83. The maximum Gasteiger partial charge on any atom is 0.387 e. The molecule has 1 aromatic carbocycles. The van der Waals surface area contributed by atoms with Gasteiger partial charge in [-0.2, -0.15) is 8.78 Å². The number of rotatable bonds is 6. The standard InChI is InChI=1S/C15H15F2NO2S/c1-10-2-7-13(21-10)14(19)18-9-8-11-3-5-12(6-4-11)20-15(16)17/h2-7,15H,8-9H2,1H3,(H,18,19). The fourth-order valence-electron chi connectivity index (χ4n) is 1.80. The van der Waals surface area contributed by atoms with Crippen molar-refractivity contribution in [3.8, 4) is 5.75 Å². The van der Waals surface area contributed by atoms with Crippen LogP contribution in [0.1, 0.15) is 20.1 Å². The van der Waals surface area contributed by atoms with Crippen LogP contribution in [0.5, 0.6) is 5.75 Å². The molecule has 1 heterocycles. The van der Waals surface area contributed by atoms with Crippen LogP contribution >= 0.6 is 11.3 Å². The highest BCUT2D eigenvalue weighted by molar-refractivity contribution is 7.13. The molecule has 0 saturated carbocycles. The Hall–Kier alpha value is -1.95. The SMILES string of the molecule is Cc1ccc(C(=O)NCCc2ccc(OC(F)F)cc2)s1. The molecular formula is C15H15F2NO2S. The molecule has 0 bridgehead atoms. The molecule has 112 valence electrons. The second kappa shape index (κ2) is 7.17. The number of halogens is 2. The lowest BCUT2D eigenvalue weighted by atomic mass is 10.1. The van der Waals surface area contributed by atoms with Crippen LogP contribution in [0.25, 0.3) is 0 Å². The Morgan fingerprint density at radius 3 is 2.52 bits per heavy atom. The third-order valence-electron chi connectivity index (χ3n) is 2.81. The van der Waals surface area contributed by atoms with E-state index in [4.69, 9.17) is 0 Å². The van der Waals surface area contributed by atoms with Gasteiger partial charge in [-0.25, -0.2) is 0 Å². The quantitative estimate of drug-likeness (QED) is 0.884. The zero-order valence-corrected chi connectivity index (χ0v) is 12.3. The van der Waals surface area contributed by atoms with Crippen LogP contribution in [-0.2, 0) is 6.42 Å². The van der Waals surface area contributed by atoms with Crippen LogP contribution in [0.4, 0.5) is 8.78 Å². The highest BCUT2D eigenvalue weighted by atomic mass is 32.1. The van der Waals surface area contributed by atoms with Gasteiger partial charge in [0, 0.05) is 11.4 Å². The minimum absolute atomic E-state index is 0.0919. The minimum atomic E-state index is -2.82. The van der Waals surface area contributed by atoms with Crippen molar-refractivity contribution in [1.29, 1.82) is 0 Å². The Morgan fingerprint density at radius 2 is 1.95 bits per heavy atom. The smallest absolute Gasteiger partial charge is 0.387 e. The molecule has 0 aliphatic rings. The molecule has 21 heavy (non-hydrogen) atoms. The number of thiophene rings is 1. The number of amides is 1. The first kappa shape index (κ1) is 15.4. The average Bonchev–Trinajstić information content (AvgIpc) is 2.87. The fourth-order valence-corrected chi connectivity index (χ4v) is 2.59. The van der Waals surface area contributed by atoms with Crippen molar-refractivity contribution in [3.05, 3.63) is 51.7 Å². The molecule has 2 aromatic rings. The highest BCUT2D eigenvalue weighted by Gasteiger charge is 2.07. The van der Waals surface area contributed by atoms with Gasteiger partial charge in [0.25, 0.3) is 5.91 Å². The second-order valence-corrected chi connectivity index (χ2v) is 5.73. The highest BCUT2D eigenvalue weighted by Crippen LogP contribution is 2.16. The van der Waals surface area contributed by atoms with Crippen molar-refractivity contribution in [2.24, 2.45) is 0 Å². The van der Waals surface area contributed by atoms with Crippen molar-refractivity contribution in [2.75, 3.05) is 6.54 Å². The summed E-state index contributed by atoms with van der Waals surface area (Å²) in [5.74, 6) is 0.0394. The lowest BCUT2D eigenvalue weighted by Crippen LogP contribution is -2.24. The third-order valence-corrected chi connectivity index (χ3v) is 3.81. The number of benzene rings is 1. The Kier molecular flexibility index (Phi) is 5.27. The largest absolute Gasteiger partial charge is 0.435 e. The first-order valence-electron chi connectivity index (χ1n) is 6.43. The van der Waals surface area contributed by atoms with E-state index in [0.717, 1.165) is 10.4 Å². The van der Waals surface area contributed by atoms with Gasteiger partial charge in [-0.3, -0.25) is 4.79 Å². The predicted molar refractivity (Wildman–Crippen MR) is 78.2 cm³/mol. The van der Waals surface area contributed by atoms with Gasteiger partial charge in [-0.15, -0.1) is 11.3 Å². The molecular weight excluding hydrogens is 296 g/mol. The molecule has 1 N–H and O–H groups in total. The fraction of sp³-hybridized carbons (Fsp3) is 0.267. The molecule has 0 saturated heterocycles. The maximum absolute atomic E-state index is 12.0. The predicted octanol–water partition coefficient (Wildman–Crippen LogP) is 3.63. The molecule has 0 fully saturated rings. The van der Waals surface area contributed by atoms with Gasteiger partial charge in [0.05, 0.1) is 4.88 Å². The van der Waals surface area contributed by atoms with Gasteiger partial charge in [-0.1, -0.05) is 12.1 Å². The van der Waals surface area contributed by atoms with E-state index in [1.165, 1.54) is 23.5 Å². The lowest BCUT2D eigenvalue weighted by molar-refractivity contribution is -0.0498. The van der Waals surface area contributed by atoms with Crippen molar-refractivity contribution in [2.45, 2.75) is 20.0 Å². The molecule has 0 aliphatic heterocycles. The summed E-state index contributed by atoms with van der Waals surface area (Å²) < 4.78 is 28.3. The number of nitrogens with one attached hydrogen (secondary N) is 1. The van der Waals surface area contributed by atoms with Gasteiger partial charge >= 0.3 is 6.61 Å². The molecule has 0 spiro atoms. The monoisotopic (exact) mass is 311 g/mol. The van der Waals surface area contributed by atoms with Gasteiger partial charge in [-0.05, 0) is 43.2 Å². The van der Waals surface area contributed by atoms with Crippen LogP contribution < -0.4 is 10.1 Å². The average molecular weight is 311 g/mol. The van der Waals surface area contributed by atoms with Crippen molar-refractivity contribution in [1.82, 2.24) is 5.32 Å². The lowest BCUT2D eigenvalue weighted by Gasteiger charge is -2.06. The number of carbonyl (C=O) groups is 1. The number of aryl methyl sites for hydroxylation is 1. The molecule has 0 unspecified atom stereocenters. The first-order valence-corrected chi connectivity index (χ1v) is 7.24. The van der Waals surface area contributed by atoms with E-state index in [9.17, 15) is 13.6 Å². The van der Waals surface area contributed by atoms with Crippen molar-refractivity contribution >= 4 is 17.2 Å². The molecule has 0 aliphatic carbocycles. The zero-order chi connectivity index (χ0) is 15.2. The first-order chi connectivity index (χ1) is 10.0. The minimum Gasteiger partial charge on any atom is -0.435 e. The Labute approximate surface area is 125 Å². The molecule has 0 atom stereocenters. The summed E-state index contributed by atoms with van der Waals surface area (Å²) in [6.07, 6.45) is 0.630. The molecule has 0 radical (unpaired) electrons. The van der Waals surface area contributed by atoms with Gasteiger partial charge in [0.2, 0.25) is 0 Å². The topological polar surface area (TPSA) is 38.3 Å². The van der Waals surface area contributed by atoms with Crippen molar-refractivity contribution < 1.29 is 18.3 Å². The van der Waals surface area contributed by atoms with Gasteiger partial charge < -0.3 is 10.1 Å². The number of alkyl halides is 2. The zero-order valence-electron chi connectivity index (χ0n) is 11.4. The summed E-state index contributed by atoms with van der Waals surface area (Å²) >= 11 is 1.45. The third kappa shape index (κ3) is 4.82. The van der Waals surface area contributed by atoms with Gasteiger partial charge in [0.15, 0.2) is 0 Å². The summed E-state index contributed by atoms with van der Waals surface area (Å²) in [6.45, 7) is -0.376. The van der Waals surface area contributed by atoms with Crippen LogP contribution in [0, 0.1) is 6.92 Å². The summed E-state index contributed by atoms with van der Waals surface area (Å²) in [7, 11) is 0. The van der Waals surface area contributed by atoms with E-state index in [-0.39, 0.29) is 11.7 Å². The van der Waals surface area contributed by atoms with Crippen LogP contribution in [0.3, 0.4) is 0 Å². The van der Waals surface area contributed by atoms with E-state index < -0.39 is 6.61 Å². The molecule has 6 heteroatoms. The Balaban J connectivity index is 1.79.